The van der Waals surface area contributed by atoms with E-state index in [1.54, 1.807) is 6.21 Å². The first-order valence-electron chi connectivity index (χ1n) is 6.69. The molecule has 0 spiro atoms. The maximum atomic E-state index is 11.3. The van der Waals surface area contributed by atoms with E-state index in [0.29, 0.717) is 0 Å². The van der Waals surface area contributed by atoms with Crippen molar-refractivity contribution in [2.24, 2.45) is 11.0 Å². The zero-order chi connectivity index (χ0) is 14.1. The summed E-state index contributed by atoms with van der Waals surface area (Å²) in [5, 5.41) is 3.90. The number of hydrazone groups is 1. The van der Waals surface area contributed by atoms with Crippen molar-refractivity contribution in [3.63, 3.8) is 0 Å². The van der Waals surface area contributed by atoms with Gasteiger partial charge in [0, 0.05) is 5.92 Å². The van der Waals surface area contributed by atoms with Gasteiger partial charge in [0.15, 0.2) is 0 Å². The second-order valence-corrected chi connectivity index (χ2v) is 4.66. The molecule has 1 rings (SSSR count). The molecule has 0 atom stereocenters. The minimum absolute atomic E-state index is 0.0634. The molecule has 0 saturated heterocycles. The zero-order valence-corrected chi connectivity index (χ0v) is 11.8. The Morgan fingerprint density at radius 3 is 2.63 bits per heavy atom. The van der Waals surface area contributed by atoms with E-state index in [0.717, 1.165) is 30.8 Å². The van der Waals surface area contributed by atoms with E-state index < -0.39 is 0 Å². The van der Waals surface area contributed by atoms with Crippen LogP contribution in [0.3, 0.4) is 0 Å². The highest BCUT2D eigenvalue weighted by Crippen LogP contribution is 2.11. The highest BCUT2D eigenvalue weighted by molar-refractivity contribution is 5.83. The molecule has 0 aliphatic carbocycles. The summed E-state index contributed by atoms with van der Waals surface area (Å²) in [5.41, 5.74) is 3.41. The van der Waals surface area contributed by atoms with E-state index in [9.17, 15) is 4.79 Å². The van der Waals surface area contributed by atoms with Crippen molar-refractivity contribution in [1.82, 2.24) is 5.43 Å². The number of rotatable bonds is 7. The Hall–Kier alpha value is -1.84. The summed E-state index contributed by atoms with van der Waals surface area (Å²) in [5.74, 6) is 0.707. The summed E-state index contributed by atoms with van der Waals surface area (Å²) in [7, 11) is 0. The number of unbranched alkanes of at least 4 members (excludes halogenated alkanes) is 1. The molecule has 0 radical (unpaired) electrons. The Balaban J connectivity index is 2.43. The van der Waals surface area contributed by atoms with E-state index in [1.165, 1.54) is 0 Å². The SMILES string of the molecule is CCCCOc1ccc(/C=N/NC(=O)C(C)C)cc1. The molecule has 4 nitrogen and oxygen atoms in total. The van der Waals surface area contributed by atoms with Crippen molar-refractivity contribution in [3.05, 3.63) is 29.8 Å². The number of ether oxygens (including phenoxy) is 1. The molecule has 0 aromatic heterocycles. The number of carbonyl (C=O) groups excluding carboxylic acids is 1. The molecule has 1 N–H and O–H groups in total. The second-order valence-electron chi connectivity index (χ2n) is 4.66. The molecule has 1 aromatic rings. The second kappa shape index (κ2) is 8.29. The molecule has 0 aliphatic rings. The minimum Gasteiger partial charge on any atom is -0.494 e. The molecular weight excluding hydrogens is 240 g/mol. The molecule has 1 amide bonds. The lowest BCUT2D eigenvalue weighted by molar-refractivity contribution is -0.123. The lowest BCUT2D eigenvalue weighted by atomic mass is 10.2. The van der Waals surface area contributed by atoms with Crippen molar-refractivity contribution in [2.75, 3.05) is 6.61 Å². The predicted molar refractivity (Wildman–Crippen MR) is 77.4 cm³/mol. The average molecular weight is 262 g/mol. The fraction of sp³-hybridized carbons (Fsp3) is 0.467. The summed E-state index contributed by atoms with van der Waals surface area (Å²) < 4.78 is 5.56. The van der Waals surface area contributed by atoms with Crippen LogP contribution in [-0.2, 0) is 4.79 Å². The molecule has 0 unspecified atom stereocenters. The fourth-order valence-corrected chi connectivity index (χ4v) is 1.28. The van der Waals surface area contributed by atoms with Gasteiger partial charge in [0.2, 0.25) is 5.91 Å². The number of carbonyl (C=O) groups is 1. The predicted octanol–water partition coefficient (Wildman–Crippen LogP) is 2.97. The third kappa shape index (κ3) is 6.04. The number of hydrogen-bond donors (Lipinski definition) is 1. The Kier molecular flexibility index (Phi) is 6.64. The van der Waals surface area contributed by atoms with E-state index in [4.69, 9.17) is 4.74 Å². The first-order valence-corrected chi connectivity index (χ1v) is 6.69. The molecule has 0 bridgehead atoms. The van der Waals surface area contributed by atoms with E-state index in [-0.39, 0.29) is 11.8 Å². The van der Waals surface area contributed by atoms with Crippen LogP contribution in [0.5, 0.6) is 5.75 Å². The van der Waals surface area contributed by atoms with Crippen LogP contribution in [-0.4, -0.2) is 18.7 Å². The summed E-state index contributed by atoms with van der Waals surface area (Å²) in [6.07, 6.45) is 3.81. The van der Waals surface area contributed by atoms with E-state index >= 15 is 0 Å². The standard InChI is InChI=1S/C15H22N2O2/c1-4-5-10-19-14-8-6-13(7-9-14)11-16-17-15(18)12(2)3/h6-9,11-12H,4-5,10H2,1-3H3,(H,17,18)/b16-11+. The first-order chi connectivity index (χ1) is 9.13. The van der Waals surface area contributed by atoms with Crippen molar-refractivity contribution >= 4 is 12.1 Å². The quantitative estimate of drug-likeness (QED) is 0.466. The van der Waals surface area contributed by atoms with Crippen LogP contribution in [0.4, 0.5) is 0 Å². The van der Waals surface area contributed by atoms with Crippen molar-refractivity contribution < 1.29 is 9.53 Å². The molecule has 0 aliphatic heterocycles. The summed E-state index contributed by atoms with van der Waals surface area (Å²) in [4.78, 5) is 11.3. The van der Waals surface area contributed by atoms with Gasteiger partial charge in [0.25, 0.3) is 0 Å². The Morgan fingerprint density at radius 2 is 2.05 bits per heavy atom. The van der Waals surface area contributed by atoms with E-state index in [2.05, 4.69) is 17.5 Å². The summed E-state index contributed by atoms with van der Waals surface area (Å²) >= 11 is 0. The molecule has 0 fully saturated rings. The number of nitrogens with one attached hydrogen (secondary N) is 1. The van der Waals surface area contributed by atoms with Gasteiger partial charge in [0.05, 0.1) is 12.8 Å². The normalized spacial score (nSPS) is 10.9. The number of hydrogen-bond acceptors (Lipinski definition) is 3. The lowest BCUT2D eigenvalue weighted by Crippen LogP contribution is -2.22. The molecule has 0 saturated carbocycles. The highest BCUT2D eigenvalue weighted by atomic mass is 16.5. The average Bonchev–Trinajstić information content (AvgIpc) is 2.40. The Labute approximate surface area is 114 Å². The lowest BCUT2D eigenvalue weighted by Gasteiger charge is -2.05. The summed E-state index contributed by atoms with van der Waals surface area (Å²) in [6.45, 7) is 6.53. The van der Waals surface area contributed by atoms with Gasteiger partial charge in [-0.3, -0.25) is 4.79 Å². The maximum Gasteiger partial charge on any atom is 0.242 e. The molecule has 4 heteroatoms. The van der Waals surface area contributed by atoms with Gasteiger partial charge < -0.3 is 4.74 Å². The molecule has 1 aromatic carbocycles. The third-order valence-electron chi connectivity index (χ3n) is 2.56. The van der Waals surface area contributed by atoms with Crippen molar-refractivity contribution in [1.29, 1.82) is 0 Å². The van der Waals surface area contributed by atoms with Gasteiger partial charge in [-0.1, -0.05) is 27.2 Å². The van der Waals surface area contributed by atoms with Gasteiger partial charge in [-0.25, -0.2) is 5.43 Å². The first kappa shape index (κ1) is 15.2. The van der Waals surface area contributed by atoms with Gasteiger partial charge in [-0.05, 0) is 36.2 Å². The van der Waals surface area contributed by atoms with Crippen LogP contribution in [0.15, 0.2) is 29.4 Å². The van der Waals surface area contributed by atoms with Crippen LogP contribution in [0, 0.1) is 5.92 Å². The fourth-order valence-electron chi connectivity index (χ4n) is 1.28. The van der Waals surface area contributed by atoms with Crippen LogP contribution in [0.2, 0.25) is 0 Å². The minimum atomic E-state index is -0.0873. The summed E-state index contributed by atoms with van der Waals surface area (Å²) in [6, 6.07) is 7.63. The van der Waals surface area contributed by atoms with Crippen molar-refractivity contribution in [2.45, 2.75) is 33.6 Å². The van der Waals surface area contributed by atoms with Crippen LogP contribution < -0.4 is 10.2 Å². The topological polar surface area (TPSA) is 50.7 Å². The monoisotopic (exact) mass is 262 g/mol. The molecular formula is C15H22N2O2. The van der Waals surface area contributed by atoms with Gasteiger partial charge in [-0.15, -0.1) is 0 Å². The van der Waals surface area contributed by atoms with Gasteiger partial charge in [-0.2, -0.15) is 5.10 Å². The highest BCUT2D eigenvalue weighted by Gasteiger charge is 2.03. The number of amides is 1. The van der Waals surface area contributed by atoms with Crippen LogP contribution in [0.25, 0.3) is 0 Å². The van der Waals surface area contributed by atoms with Crippen LogP contribution >= 0.6 is 0 Å². The largest absolute Gasteiger partial charge is 0.494 e. The van der Waals surface area contributed by atoms with Gasteiger partial charge >= 0.3 is 0 Å². The number of benzene rings is 1. The molecule has 0 heterocycles. The van der Waals surface area contributed by atoms with Crippen molar-refractivity contribution in [3.8, 4) is 5.75 Å². The van der Waals surface area contributed by atoms with Gasteiger partial charge in [0.1, 0.15) is 5.75 Å². The third-order valence-corrected chi connectivity index (χ3v) is 2.56. The number of nitrogens with zero attached hydrogens (tertiary/aromatic N) is 1. The molecule has 104 valence electrons. The maximum absolute atomic E-state index is 11.3. The Bertz CT molecular complexity index is 411. The Morgan fingerprint density at radius 1 is 1.37 bits per heavy atom. The smallest absolute Gasteiger partial charge is 0.242 e. The molecule has 19 heavy (non-hydrogen) atoms. The zero-order valence-electron chi connectivity index (χ0n) is 11.8. The van der Waals surface area contributed by atoms with Crippen LogP contribution in [0.1, 0.15) is 39.2 Å². The van der Waals surface area contributed by atoms with E-state index in [1.807, 2.05) is 38.1 Å².